The number of halogens is 1. The van der Waals surface area contributed by atoms with E-state index < -0.39 is 5.97 Å². The van der Waals surface area contributed by atoms with Crippen molar-refractivity contribution >= 4 is 35.2 Å². The zero-order valence-corrected chi connectivity index (χ0v) is 16.1. The Morgan fingerprint density at radius 3 is 2.54 bits per heavy atom. The topological polar surface area (TPSA) is 103 Å². The van der Waals surface area contributed by atoms with Crippen LogP contribution in [0.2, 0.25) is 5.02 Å². The van der Waals surface area contributed by atoms with E-state index in [1.54, 1.807) is 18.2 Å². The number of aromatic nitrogens is 3. The zero-order valence-electron chi connectivity index (χ0n) is 15.4. The normalized spacial score (nSPS) is 10.5. The largest absolute Gasteiger partial charge is 0.457 e. The number of nitrogens with one attached hydrogen (secondary N) is 1. The molecule has 0 fully saturated rings. The maximum Gasteiger partial charge on any atom is 0.310 e. The van der Waals surface area contributed by atoms with E-state index in [4.69, 9.17) is 22.1 Å². The fourth-order valence-corrected chi connectivity index (χ4v) is 2.83. The fraction of sp³-hybridized carbons (Fsp3) is 0.200. The van der Waals surface area contributed by atoms with Crippen LogP contribution in [-0.4, -0.2) is 20.9 Å². The van der Waals surface area contributed by atoms with Crippen LogP contribution in [0.25, 0.3) is 0 Å². The van der Waals surface area contributed by atoms with Crippen LogP contribution in [0.5, 0.6) is 0 Å². The van der Waals surface area contributed by atoms with Crippen molar-refractivity contribution in [1.29, 1.82) is 0 Å². The fourth-order valence-electron chi connectivity index (χ4n) is 2.62. The second kappa shape index (κ2) is 9.14. The van der Waals surface area contributed by atoms with Gasteiger partial charge in [-0.15, -0.1) is 0 Å². The lowest BCUT2D eigenvalue weighted by Gasteiger charge is -2.11. The Labute approximate surface area is 167 Å². The van der Waals surface area contributed by atoms with Crippen molar-refractivity contribution in [3.8, 4) is 0 Å². The van der Waals surface area contributed by atoms with Gasteiger partial charge in [-0.05, 0) is 29.7 Å². The van der Waals surface area contributed by atoms with Crippen LogP contribution >= 0.6 is 11.6 Å². The zero-order chi connectivity index (χ0) is 19.9. The molecule has 3 N–H and O–H groups in total. The van der Waals surface area contributed by atoms with Gasteiger partial charge in [-0.25, -0.2) is 0 Å². The maximum absolute atomic E-state index is 12.1. The van der Waals surface area contributed by atoms with Gasteiger partial charge in [0.1, 0.15) is 0 Å². The average molecular weight is 398 g/mol. The number of aryl methyl sites for hydroxylation is 1. The first-order valence-electron chi connectivity index (χ1n) is 8.79. The number of carbonyl (C=O) groups is 1. The summed E-state index contributed by atoms with van der Waals surface area (Å²) in [4.78, 5) is 24.5. The van der Waals surface area contributed by atoms with E-state index >= 15 is 0 Å². The van der Waals surface area contributed by atoms with Gasteiger partial charge >= 0.3 is 5.97 Å². The number of para-hydroxylation sites is 1. The summed E-state index contributed by atoms with van der Waals surface area (Å²) in [7, 11) is 0. The molecule has 1 heterocycles. The van der Waals surface area contributed by atoms with Gasteiger partial charge in [0.05, 0.1) is 6.42 Å². The minimum atomic E-state index is -0.432. The molecule has 0 bridgehead atoms. The van der Waals surface area contributed by atoms with Crippen molar-refractivity contribution < 1.29 is 9.53 Å². The molecule has 0 amide bonds. The van der Waals surface area contributed by atoms with Crippen LogP contribution < -0.4 is 11.1 Å². The summed E-state index contributed by atoms with van der Waals surface area (Å²) >= 11 is 6.06. The van der Waals surface area contributed by atoms with Gasteiger partial charge in [0.15, 0.2) is 12.4 Å². The highest BCUT2D eigenvalue weighted by atomic mass is 35.5. The Morgan fingerprint density at radius 1 is 1.07 bits per heavy atom. The van der Waals surface area contributed by atoms with Crippen molar-refractivity contribution in [2.24, 2.45) is 0 Å². The molecule has 0 saturated heterocycles. The minimum absolute atomic E-state index is 0.0450. The number of nitrogen functional groups attached to an aromatic ring is 1. The van der Waals surface area contributed by atoms with Gasteiger partial charge in [-0.1, -0.05) is 54.9 Å². The Hall–Kier alpha value is -3.19. The van der Waals surface area contributed by atoms with Crippen molar-refractivity contribution in [2.45, 2.75) is 26.4 Å². The lowest BCUT2D eigenvalue weighted by atomic mass is 10.1. The second-order valence-corrected chi connectivity index (χ2v) is 6.41. The molecular formula is C20H20ClN5O2. The highest BCUT2D eigenvalue weighted by Crippen LogP contribution is 2.20. The number of hydrogen-bond acceptors (Lipinski definition) is 7. The first-order valence-corrected chi connectivity index (χ1v) is 9.17. The second-order valence-electron chi connectivity index (χ2n) is 6.00. The molecular weight excluding hydrogens is 378 g/mol. The molecule has 0 unspecified atom stereocenters. The molecule has 1 aromatic heterocycles. The van der Waals surface area contributed by atoms with E-state index in [2.05, 4.69) is 27.2 Å². The van der Waals surface area contributed by atoms with Gasteiger partial charge in [-0.3, -0.25) is 4.79 Å². The molecule has 0 aliphatic rings. The summed E-state index contributed by atoms with van der Waals surface area (Å²) in [5.74, 6) is 0.170. The van der Waals surface area contributed by atoms with E-state index in [1.165, 1.54) is 0 Å². The molecule has 0 radical (unpaired) electrons. The minimum Gasteiger partial charge on any atom is -0.457 e. The highest BCUT2D eigenvalue weighted by Gasteiger charge is 2.11. The summed E-state index contributed by atoms with van der Waals surface area (Å²) in [5, 5.41) is 3.66. The van der Waals surface area contributed by atoms with Crippen LogP contribution in [0.15, 0.2) is 48.5 Å². The number of nitrogens with two attached hydrogens (primary N) is 1. The third kappa shape index (κ3) is 5.17. The molecule has 28 heavy (non-hydrogen) atoms. The number of anilines is 3. The molecule has 3 aromatic rings. The summed E-state index contributed by atoms with van der Waals surface area (Å²) in [6, 6.07) is 15.0. The van der Waals surface area contributed by atoms with Crippen LogP contribution in [0.1, 0.15) is 23.9 Å². The lowest BCUT2D eigenvalue weighted by molar-refractivity contribution is -0.144. The van der Waals surface area contributed by atoms with Crippen LogP contribution in [0.4, 0.5) is 17.6 Å². The van der Waals surface area contributed by atoms with Gasteiger partial charge in [0.25, 0.3) is 0 Å². The summed E-state index contributed by atoms with van der Waals surface area (Å²) in [6.45, 7) is 1.95. The molecule has 144 valence electrons. The Bertz CT molecular complexity index is 980. The van der Waals surface area contributed by atoms with Crippen molar-refractivity contribution in [3.05, 3.63) is 70.5 Å². The van der Waals surface area contributed by atoms with Gasteiger partial charge in [0, 0.05) is 10.7 Å². The first-order chi connectivity index (χ1) is 13.5. The number of nitrogens with zero attached hydrogens (tertiary/aromatic N) is 3. The number of esters is 1. The summed E-state index contributed by atoms with van der Waals surface area (Å²) in [5.41, 5.74) is 8.48. The molecule has 0 saturated carbocycles. The van der Waals surface area contributed by atoms with Crippen LogP contribution in [-0.2, 0) is 29.0 Å². The molecule has 3 rings (SSSR count). The van der Waals surface area contributed by atoms with Gasteiger partial charge in [0.2, 0.25) is 11.9 Å². The molecule has 0 aliphatic heterocycles. The molecule has 7 nitrogen and oxygen atoms in total. The number of carbonyl (C=O) groups excluding carboxylic acids is 1. The van der Waals surface area contributed by atoms with Gasteiger partial charge in [-0.2, -0.15) is 15.0 Å². The van der Waals surface area contributed by atoms with Crippen LogP contribution in [0.3, 0.4) is 0 Å². The standard InChI is InChI=1S/C20H20ClN5O2/c1-2-13-7-4-6-10-16(13)23-20-25-17(24-19(22)26-20)12-28-18(27)11-14-8-3-5-9-15(14)21/h3-10H,2,11-12H2,1H3,(H3,22,23,24,25,26). The van der Waals surface area contributed by atoms with Crippen molar-refractivity contribution in [3.63, 3.8) is 0 Å². The number of hydrogen-bond donors (Lipinski definition) is 2. The predicted octanol–water partition coefficient (Wildman–Crippen LogP) is 3.70. The Morgan fingerprint density at radius 2 is 1.79 bits per heavy atom. The van der Waals surface area contributed by atoms with Crippen LogP contribution in [0, 0.1) is 0 Å². The average Bonchev–Trinajstić information content (AvgIpc) is 2.68. The van der Waals surface area contributed by atoms with E-state index in [1.807, 2.05) is 30.3 Å². The Kier molecular flexibility index (Phi) is 6.39. The lowest BCUT2D eigenvalue weighted by Crippen LogP contribution is -2.12. The predicted molar refractivity (Wildman–Crippen MR) is 108 cm³/mol. The molecule has 2 aromatic carbocycles. The third-order valence-electron chi connectivity index (χ3n) is 4.00. The molecule has 0 atom stereocenters. The number of rotatable bonds is 7. The Balaban J connectivity index is 1.66. The van der Waals surface area contributed by atoms with Crippen molar-refractivity contribution in [2.75, 3.05) is 11.1 Å². The molecule has 0 spiro atoms. The van der Waals surface area contributed by atoms with Crippen molar-refractivity contribution in [1.82, 2.24) is 15.0 Å². The maximum atomic E-state index is 12.1. The van der Waals surface area contributed by atoms with E-state index in [0.717, 1.165) is 17.7 Å². The molecule has 0 aliphatic carbocycles. The third-order valence-corrected chi connectivity index (χ3v) is 4.37. The van der Waals surface area contributed by atoms with E-state index in [0.29, 0.717) is 16.5 Å². The van der Waals surface area contributed by atoms with Gasteiger partial charge < -0.3 is 15.8 Å². The molecule has 8 heteroatoms. The summed E-state index contributed by atoms with van der Waals surface area (Å²) < 4.78 is 5.26. The van der Waals surface area contributed by atoms with E-state index in [9.17, 15) is 4.79 Å². The summed E-state index contributed by atoms with van der Waals surface area (Å²) in [6.07, 6.45) is 0.922. The monoisotopic (exact) mass is 397 g/mol. The number of benzene rings is 2. The smallest absolute Gasteiger partial charge is 0.310 e. The first kappa shape index (κ1) is 19.6. The highest BCUT2D eigenvalue weighted by molar-refractivity contribution is 6.31. The van der Waals surface area contributed by atoms with E-state index in [-0.39, 0.29) is 24.8 Å². The SMILES string of the molecule is CCc1ccccc1Nc1nc(N)nc(COC(=O)Cc2ccccc2Cl)n1. The number of ether oxygens (including phenoxy) is 1. The quantitative estimate of drug-likeness (QED) is 0.586.